The van der Waals surface area contributed by atoms with Crippen LogP contribution in [0.3, 0.4) is 0 Å². The molecule has 0 saturated heterocycles. The summed E-state index contributed by atoms with van der Waals surface area (Å²) in [5, 5.41) is 11.8. The fourth-order valence-electron chi connectivity index (χ4n) is 3.10. The van der Waals surface area contributed by atoms with Crippen molar-refractivity contribution in [2.75, 3.05) is 11.9 Å². The van der Waals surface area contributed by atoms with Crippen LogP contribution in [0.1, 0.15) is 45.2 Å². The predicted octanol–water partition coefficient (Wildman–Crippen LogP) is 4.86. The van der Waals surface area contributed by atoms with Gasteiger partial charge in [-0.15, -0.1) is 0 Å². The second-order valence-electron chi connectivity index (χ2n) is 6.93. The summed E-state index contributed by atoms with van der Waals surface area (Å²) in [4.78, 5) is 27.1. The van der Waals surface area contributed by atoms with Crippen molar-refractivity contribution in [1.82, 2.24) is 4.90 Å². The monoisotopic (exact) mass is 397 g/mol. The third kappa shape index (κ3) is 5.33. The van der Waals surface area contributed by atoms with Gasteiger partial charge in [0.15, 0.2) is 0 Å². The van der Waals surface area contributed by atoms with Crippen LogP contribution in [-0.2, 0) is 6.54 Å². The number of anilines is 1. The van der Waals surface area contributed by atoms with Crippen molar-refractivity contribution < 1.29 is 9.59 Å². The van der Waals surface area contributed by atoms with Crippen molar-refractivity contribution in [2.24, 2.45) is 0 Å². The molecule has 0 aliphatic heterocycles. The van der Waals surface area contributed by atoms with Crippen molar-refractivity contribution in [3.05, 3.63) is 101 Å². The lowest BCUT2D eigenvalue weighted by atomic mass is 10.1. The molecule has 0 fully saturated rings. The van der Waals surface area contributed by atoms with Crippen LogP contribution in [0.4, 0.5) is 5.69 Å². The summed E-state index contributed by atoms with van der Waals surface area (Å²) >= 11 is 0. The highest BCUT2D eigenvalue weighted by Crippen LogP contribution is 2.15. The molecule has 0 aliphatic carbocycles. The van der Waals surface area contributed by atoms with Gasteiger partial charge in [0.1, 0.15) is 0 Å². The van der Waals surface area contributed by atoms with Gasteiger partial charge < -0.3 is 10.2 Å². The number of nitriles is 1. The van der Waals surface area contributed by atoms with Gasteiger partial charge in [0, 0.05) is 29.9 Å². The van der Waals surface area contributed by atoms with Crippen LogP contribution in [0.5, 0.6) is 0 Å². The van der Waals surface area contributed by atoms with E-state index in [1.54, 1.807) is 53.4 Å². The molecule has 0 bridgehead atoms. The van der Waals surface area contributed by atoms with Crippen molar-refractivity contribution >= 4 is 17.5 Å². The molecule has 3 aromatic carbocycles. The zero-order valence-electron chi connectivity index (χ0n) is 16.8. The lowest BCUT2D eigenvalue weighted by Crippen LogP contribution is -2.31. The number of benzene rings is 3. The summed E-state index contributed by atoms with van der Waals surface area (Å²) in [5.41, 5.74) is 3.35. The fraction of sp³-hybridized carbons (Fsp3) is 0.160. The second-order valence-corrected chi connectivity index (χ2v) is 6.93. The van der Waals surface area contributed by atoms with E-state index in [0.717, 1.165) is 12.0 Å². The van der Waals surface area contributed by atoms with Gasteiger partial charge in [-0.1, -0.05) is 37.3 Å². The molecule has 3 rings (SSSR count). The van der Waals surface area contributed by atoms with Crippen LogP contribution in [0.2, 0.25) is 0 Å². The van der Waals surface area contributed by atoms with Gasteiger partial charge in [-0.05, 0) is 60.5 Å². The first kappa shape index (κ1) is 20.8. The van der Waals surface area contributed by atoms with Crippen LogP contribution >= 0.6 is 0 Å². The zero-order valence-corrected chi connectivity index (χ0v) is 16.8. The Bertz CT molecular complexity index is 1040. The highest BCUT2D eigenvalue weighted by atomic mass is 16.2. The van der Waals surface area contributed by atoms with Crippen LogP contribution in [0, 0.1) is 11.3 Å². The summed E-state index contributed by atoms with van der Waals surface area (Å²) in [7, 11) is 0. The van der Waals surface area contributed by atoms with Crippen LogP contribution in [-0.4, -0.2) is 23.3 Å². The first-order valence-electron chi connectivity index (χ1n) is 9.85. The first-order chi connectivity index (χ1) is 14.6. The van der Waals surface area contributed by atoms with Crippen molar-refractivity contribution in [2.45, 2.75) is 19.9 Å². The molecule has 0 spiro atoms. The maximum absolute atomic E-state index is 13.0. The summed E-state index contributed by atoms with van der Waals surface area (Å²) in [6.07, 6.45) is 0.841. The summed E-state index contributed by atoms with van der Waals surface area (Å²) < 4.78 is 0. The summed E-state index contributed by atoms with van der Waals surface area (Å²) in [5.74, 6) is -0.259. The van der Waals surface area contributed by atoms with Gasteiger partial charge in [-0.3, -0.25) is 9.59 Å². The molecule has 30 heavy (non-hydrogen) atoms. The maximum Gasteiger partial charge on any atom is 0.255 e. The largest absolute Gasteiger partial charge is 0.334 e. The minimum absolute atomic E-state index is 0.0675. The number of nitrogens with zero attached hydrogens (tertiary/aromatic N) is 2. The lowest BCUT2D eigenvalue weighted by molar-refractivity contribution is 0.0743. The molecule has 0 saturated carbocycles. The third-order valence-corrected chi connectivity index (χ3v) is 4.66. The molecule has 150 valence electrons. The van der Waals surface area contributed by atoms with Crippen molar-refractivity contribution in [3.63, 3.8) is 0 Å². The molecular formula is C25H23N3O2. The number of amides is 2. The van der Waals surface area contributed by atoms with E-state index in [-0.39, 0.29) is 11.8 Å². The number of carbonyl (C=O) groups is 2. The van der Waals surface area contributed by atoms with Crippen LogP contribution in [0.25, 0.3) is 0 Å². The Morgan fingerprint density at radius 1 is 0.900 bits per heavy atom. The Kier molecular flexibility index (Phi) is 6.96. The van der Waals surface area contributed by atoms with Gasteiger partial charge in [0.05, 0.1) is 11.6 Å². The van der Waals surface area contributed by atoms with E-state index in [2.05, 4.69) is 11.4 Å². The smallest absolute Gasteiger partial charge is 0.255 e. The van der Waals surface area contributed by atoms with Crippen LogP contribution in [0.15, 0.2) is 78.9 Å². The van der Waals surface area contributed by atoms with E-state index in [4.69, 9.17) is 5.26 Å². The van der Waals surface area contributed by atoms with E-state index in [1.807, 2.05) is 37.3 Å². The van der Waals surface area contributed by atoms with E-state index < -0.39 is 0 Å². The maximum atomic E-state index is 13.0. The minimum atomic E-state index is -0.192. The molecule has 0 heterocycles. The Hall–Kier alpha value is -3.91. The number of hydrogen-bond acceptors (Lipinski definition) is 3. The third-order valence-electron chi connectivity index (χ3n) is 4.66. The molecule has 0 atom stereocenters. The van der Waals surface area contributed by atoms with Crippen molar-refractivity contribution in [1.29, 1.82) is 5.26 Å². The Labute approximate surface area is 176 Å². The highest BCUT2D eigenvalue weighted by molar-refractivity contribution is 6.04. The highest BCUT2D eigenvalue weighted by Gasteiger charge is 2.16. The standard InChI is InChI=1S/C25H23N3O2/c1-2-16-28(18-20-10-8-19(17-26)9-11-20)25(30)22-12-14-23(15-13-22)27-24(29)21-6-4-3-5-7-21/h3-15H,2,16,18H2,1H3,(H,27,29). The Balaban J connectivity index is 1.68. The van der Waals surface area contributed by atoms with Gasteiger partial charge in [0.25, 0.3) is 11.8 Å². The summed E-state index contributed by atoms with van der Waals surface area (Å²) in [6.45, 7) is 3.14. The molecule has 3 aromatic rings. The van der Waals surface area contributed by atoms with E-state index in [9.17, 15) is 9.59 Å². The average Bonchev–Trinajstić information content (AvgIpc) is 2.80. The normalized spacial score (nSPS) is 10.1. The lowest BCUT2D eigenvalue weighted by Gasteiger charge is -2.22. The SMILES string of the molecule is CCCN(Cc1ccc(C#N)cc1)C(=O)c1ccc(NC(=O)c2ccccc2)cc1. The topological polar surface area (TPSA) is 73.2 Å². The number of hydrogen-bond donors (Lipinski definition) is 1. The molecule has 5 heteroatoms. The average molecular weight is 397 g/mol. The van der Waals surface area contributed by atoms with Gasteiger partial charge in [0.2, 0.25) is 0 Å². The Morgan fingerprint density at radius 3 is 2.17 bits per heavy atom. The number of nitrogens with one attached hydrogen (secondary N) is 1. The minimum Gasteiger partial charge on any atom is -0.334 e. The summed E-state index contributed by atoms with van der Waals surface area (Å²) in [6, 6.07) is 25.3. The second kappa shape index (κ2) is 10.0. The fourth-order valence-corrected chi connectivity index (χ4v) is 3.10. The Morgan fingerprint density at radius 2 is 1.57 bits per heavy atom. The molecule has 1 N–H and O–H groups in total. The number of rotatable bonds is 7. The molecule has 0 aromatic heterocycles. The predicted molar refractivity (Wildman–Crippen MR) is 117 cm³/mol. The molecule has 5 nitrogen and oxygen atoms in total. The molecule has 2 amide bonds. The van der Waals surface area contributed by atoms with Crippen molar-refractivity contribution in [3.8, 4) is 6.07 Å². The molecule has 0 aliphatic rings. The van der Waals surface area contributed by atoms with E-state index in [0.29, 0.717) is 35.5 Å². The first-order valence-corrected chi connectivity index (χ1v) is 9.85. The van der Waals surface area contributed by atoms with Crippen LogP contribution < -0.4 is 5.32 Å². The number of carbonyl (C=O) groups excluding carboxylic acids is 2. The van der Waals surface area contributed by atoms with E-state index >= 15 is 0 Å². The molecule has 0 unspecified atom stereocenters. The zero-order chi connectivity index (χ0) is 21.3. The van der Waals surface area contributed by atoms with Gasteiger partial charge in [-0.25, -0.2) is 0 Å². The van der Waals surface area contributed by atoms with E-state index in [1.165, 1.54) is 0 Å². The van der Waals surface area contributed by atoms with Gasteiger partial charge in [-0.2, -0.15) is 5.26 Å². The quantitative estimate of drug-likeness (QED) is 0.618. The molecular weight excluding hydrogens is 374 g/mol. The van der Waals surface area contributed by atoms with Gasteiger partial charge >= 0.3 is 0 Å². The molecule has 0 radical (unpaired) electrons.